The van der Waals surface area contributed by atoms with Gasteiger partial charge in [0, 0.05) is 12.1 Å². The van der Waals surface area contributed by atoms with Crippen molar-refractivity contribution in [1.29, 1.82) is 0 Å². The van der Waals surface area contributed by atoms with Gasteiger partial charge in [-0.1, -0.05) is 19.9 Å². The van der Waals surface area contributed by atoms with E-state index in [0.717, 1.165) is 0 Å². The summed E-state index contributed by atoms with van der Waals surface area (Å²) in [5.41, 5.74) is 0. The molecule has 3 nitrogen and oxygen atoms in total. The maximum Gasteiger partial charge on any atom is 0.216 e. The Hall–Kier alpha value is -1.25. The minimum atomic E-state index is 0.569. The maximum atomic E-state index is 4.87. The highest BCUT2D eigenvalue weighted by Gasteiger charge is 1.93. The maximum absolute atomic E-state index is 4.87. The van der Waals surface area contributed by atoms with E-state index in [0.29, 0.717) is 11.8 Å². The van der Waals surface area contributed by atoms with Crippen molar-refractivity contribution in [3.8, 4) is 11.8 Å². The molecule has 1 aromatic heterocycles. The quantitative estimate of drug-likeness (QED) is 0.679. The summed E-state index contributed by atoms with van der Waals surface area (Å²) in [6.07, 6.45) is 0. The molecule has 0 aromatic carbocycles. The molecule has 0 atom stereocenters. The average Bonchev–Trinajstić information content (AvgIpc) is 2.21. The molecule has 0 saturated carbocycles. The van der Waals surface area contributed by atoms with E-state index in [9.17, 15) is 0 Å². The van der Waals surface area contributed by atoms with E-state index in [1.54, 1.807) is 26.4 Å². The second kappa shape index (κ2) is 6.46. The monoisotopic (exact) mass is 169 g/mol. The van der Waals surface area contributed by atoms with Crippen molar-refractivity contribution < 1.29 is 9.47 Å². The minimum absolute atomic E-state index is 0.569. The van der Waals surface area contributed by atoms with Crippen LogP contribution in [0.5, 0.6) is 11.8 Å². The van der Waals surface area contributed by atoms with Crippen LogP contribution in [-0.4, -0.2) is 19.2 Å². The fraction of sp³-hybridized carbons (Fsp3) is 0.444. The molecule has 0 aliphatic carbocycles. The third-order valence-electron chi connectivity index (χ3n) is 1.12. The van der Waals surface area contributed by atoms with E-state index in [2.05, 4.69) is 4.98 Å². The number of rotatable bonds is 2. The number of hydrogen-bond acceptors (Lipinski definition) is 3. The number of aromatic nitrogens is 1. The van der Waals surface area contributed by atoms with Gasteiger partial charge >= 0.3 is 0 Å². The highest BCUT2D eigenvalue weighted by molar-refractivity contribution is 5.19. The lowest BCUT2D eigenvalue weighted by Crippen LogP contribution is -1.90. The van der Waals surface area contributed by atoms with Crippen LogP contribution in [0.25, 0.3) is 0 Å². The first-order valence-electron chi connectivity index (χ1n) is 3.92. The molecule has 0 N–H and O–H groups in total. The Labute approximate surface area is 73.3 Å². The zero-order valence-electron chi connectivity index (χ0n) is 8.00. The number of methoxy groups -OCH3 is 2. The Bertz CT molecular complexity index is 194. The Morgan fingerprint density at radius 2 is 1.42 bits per heavy atom. The van der Waals surface area contributed by atoms with Gasteiger partial charge < -0.3 is 9.47 Å². The summed E-state index contributed by atoms with van der Waals surface area (Å²) in [7, 11) is 3.14. The van der Waals surface area contributed by atoms with E-state index in [1.807, 2.05) is 19.9 Å². The molecule has 1 rings (SSSR count). The molecule has 0 spiro atoms. The molecule has 1 aromatic rings. The highest BCUT2D eigenvalue weighted by Crippen LogP contribution is 2.11. The fourth-order valence-corrected chi connectivity index (χ4v) is 0.623. The smallest absolute Gasteiger partial charge is 0.216 e. The van der Waals surface area contributed by atoms with Crippen molar-refractivity contribution >= 4 is 0 Å². The summed E-state index contributed by atoms with van der Waals surface area (Å²) in [5, 5.41) is 0. The summed E-state index contributed by atoms with van der Waals surface area (Å²) in [6.45, 7) is 4.00. The summed E-state index contributed by atoms with van der Waals surface area (Å²) in [5.74, 6) is 1.14. The van der Waals surface area contributed by atoms with E-state index >= 15 is 0 Å². The number of nitrogens with zero attached hydrogens (tertiary/aromatic N) is 1. The van der Waals surface area contributed by atoms with Gasteiger partial charge in [0.2, 0.25) is 11.8 Å². The van der Waals surface area contributed by atoms with Crippen LogP contribution in [0.1, 0.15) is 13.8 Å². The van der Waals surface area contributed by atoms with Gasteiger partial charge in [0.25, 0.3) is 0 Å². The molecule has 0 radical (unpaired) electrons. The van der Waals surface area contributed by atoms with Crippen LogP contribution in [0.4, 0.5) is 0 Å². The van der Waals surface area contributed by atoms with Crippen molar-refractivity contribution in [2.24, 2.45) is 0 Å². The van der Waals surface area contributed by atoms with Crippen molar-refractivity contribution in [1.82, 2.24) is 4.98 Å². The van der Waals surface area contributed by atoms with Gasteiger partial charge in [0.05, 0.1) is 14.2 Å². The van der Waals surface area contributed by atoms with E-state index in [-0.39, 0.29) is 0 Å². The van der Waals surface area contributed by atoms with Gasteiger partial charge in [0.15, 0.2) is 0 Å². The summed E-state index contributed by atoms with van der Waals surface area (Å²) in [4.78, 5) is 3.97. The van der Waals surface area contributed by atoms with Crippen molar-refractivity contribution in [3.05, 3.63) is 18.2 Å². The molecular formula is C9H15NO2. The van der Waals surface area contributed by atoms with E-state index in [1.165, 1.54) is 0 Å². The summed E-state index contributed by atoms with van der Waals surface area (Å²) < 4.78 is 9.73. The second-order valence-corrected chi connectivity index (χ2v) is 1.72. The molecule has 1 heterocycles. The zero-order chi connectivity index (χ0) is 9.40. The molecule has 0 aliphatic heterocycles. The minimum Gasteiger partial charge on any atom is -0.481 e. The Morgan fingerprint density at radius 1 is 1.00 bits per heavy atom. The van der Waals surface area contributed by atoms with E-state index < -0.39 is 0 Å². The van der Waals surface area contributed by atoms with Gasteiger partial charge in [-0.25, -0.2) is 0 Å². The van der Waals surface area contributed by atoms with E-state index in [4.69, 9.17) is 9.47 Å². The molecule has 0 fully saturated rings. The van der Waals surface area contributed by atoms with Crippen LogP contribution in [0, 0.1) is 0 Å². The van der Waals surface area contributed by atoms with Crippen molar-refractivity contribution in [3.63, 3.8) is 0 Å². The predicted molar refractivity (Wildman–Crippen MR) is 48.7 cm³/mol. The fourth-order valence-electron chi connectivity index (χ4n) is 0.623. The van der Waals surface area contributed by atoms with Crippen molar-refractivity contribution in [2.75, 3.05) is 14.2 Å². The van der Waals surface area contributed by atoms with Crippen LogP contribution in [0.3, 0.4) is 0 Å². The van der Waals surface area contributed by atoms with Gasteiger partial charge in [-0.3, -0.25) is 0 Å². The van der Waals surface area contributed by atoms with Gasteiger partial charge in [0.1, 0.15) is 0 Å². The van der Waals surface area contributed by atoms with Crippen molar-refractivity contribution in [2.45, 2.75) is 13.8 Å². The highest BCUT2D eigenvalue weighted by atomic mass is 16.5. The van der Waals surface area contributed by atoms with Crippen LogP contribution in [-0.2, 0) is 0 Å². The molecule has 12 heavy (non-hydrogen) atoms. The number of hydrogen-bond donors (Lipinski definition) is 0. The molecule has 68 valence electrons. The Kier molecular flexibility index (Phi) is 5.79. The summed E-state index contributed by atoms with van der Waals surface area (Å²) in [6, 6.07) is 5.36. The first-order valence-corrected chi connectivity index (χ1v) is 3.92. The standard InChI is InChI=1S/C7H9NO2.C2H6/c1-9-6-4-3-5-7(8-6)10-2;1-2/h3-5H,1-2H3;1-2H3. The third kappa shape index (κ3) is 3.23. The van der Waals surface area contributed by atoms with Crippen LogP contribution >= 0.6 is 0 Å². The topological polar surface area (TPSA) is 31.4 Å². The first kappa shape index (κ1) is 10.8. The van der Waals surface area contributed by atoms with Gasteiger partial charge in [-0.2, -0.15) is 4.98 Å². The van der Waals surface area contributed by atoms with Crippen LogP contribution < -0.4 is 9.47 Å². The lowest BCUT2D eigenvalue weighted by molar-refractivity contribution is 0.364. The SMILES string of the molecule is CC.COc1cccc(OC)n1. The zero-order valence-corrected chi connectivity index (χ0v) is 8.00. The molecule has 0 unspecified atom stereocenters. The molecule has 0 bridgehead atoms. The Morgan fingerprint density at radius 3 is 1.75 bits per heavy atom. The molecular weight excluding hydrogens is 154 g/mol. The molecule has 0 aliphatic rings. The first-order chi connectivity index (χ1) is 5.86. The second-order valence-electron chi connectivity index (χ2n) is 1.72. The molecule has 0 amide bonds. The average molecular weight is 169 g/mol. The molecule has 3 heteroatoms. The van der Waals surface area contributed by atoms with Crippen LogP contribution in [0.15, 0.2) is 18.2 Å². The number of ether oxygens (including phenoxy) is 2. The predicted octanol–water partition coefficient (Wildman–Crippen LogP) is 2.12. The third-order valence-corrected chi connectivity index (χ3v) is 1.12. The largest absolute Gasteiger partial charge is 0.481 e. The van der Waals surface area contributed by atoms with Gasteiger partial charge in [-0.05, 0) is 0 Å². The van der Waals surface area contributed by atoms with Crippen LogP contribution in [0.2, 0.25) is 0 Å². The lowest BCUT2D eigenvalue weighted by Gasteiger charge is -1.99. The van der Waals surface area contributed by atoms with Gasteiger partial charge in [-0.15, -0.1) is 0 Å². The molecule has 0 saturated heterocycles. The summed E-state index contributed by atoms with van der Waals surface area (Å²) >= 11 is 0. The Balaban J connectivity index is 0.000000561. The lowest BCUT2D eigenvalue weighted by atomic mass is 10.5. The normalized spacial score (nSPS) is 8.00. The number of pyridine rings is 1.